The average molecular weight is 1050 g/mol. The highest BCUT2D eigenvalue weighted by atomic mass is 16.7. The van der Waals surface area contributed by atoms with Gasteiger partial charge in [-0.2, -0.15) is 0 Å². The molecule has 0 aliphatic carbocycles. The van der Waals surface area contributed by atoms with Crippen LogP contribution in [0.1, 0.15) is 201 Å². The number of rotatable bonds is 46. The summed E-state index contributed by atoms with van der Waals surface area (Å²) in [5, 5.41) is 31.4. The van der Waals surface area contributed by atoms with Crippen LogP contribution in [0.4, 0.5) is 0 Å². The topological polar surface area (TPSA) is 175 Å². The summed E-state index contributed by atoms with van der Waals surface area (Å²) in [4.78, 5) is 51.0. The summed E-state index contributed by atoms with van der Waals surface area (Å²) in [6.07, 6.45) is 56.3. The van der Waals surface area contributed by atoms with Crippen molar-refractivity contribution < 1.29 is 58.2 Å². The van der Waals surface area contributed by atoms with E-state index < -0.39 is 67.3 Å². The van der Waals surface area contributed by atoms with E-state index in [0.717, 1.165) is 116 Å². The third-order valence-corrected chi connectivity index (χ3v) is 12.0. The number of carbonyl (C=O) groups is 4. The highest BCUT2D eigenvalue weighted by Gasteiger charge is 2.50. The van der Waals surface area contributed by atoms with Crippen LogP contribution in [0.2, 0.25) is 0 Å². The monoisotopic (exact) mass is 1050 g/mol. The first kappa shape index (κ1) is 68.1. The summed E-state index contributed by atoms with van der Waals surface area (Å²) in [5.74, 6) is -3.34. The van der Waals surface area contributed by atoms with Gasteiger partial charge in [-0.25, -0.2) is 4.79 Å². The molecule has 0 amide bonds. The van der Waals surface area contributed by atoms with Gasteiger partial charge < -0.3 is 39.0 Å². The molecule has 422 valence electrons. The fourth-order valence-corrected chi connectivity index (χ4v) is 7.72. The molecule has 1 fully saturated rings. The van der Waals surface area contributed by atoms with Gasteiger partial charge in [-0.3, -0.25) is 14.4 Å². The summed E-state index contributed by atoms with van der Waals surface area (Å²) >= 11 is 0. The number of hydrogen-bond donors (Lipinski definition) is 3. The molecule has 0 bridgehead atoms. The third-order valence-electron chi connectivity index (χ3n) is 12.0. The molecule has 6 unspecified atom stereocenters. The van der Waals surface area contributed by atoms with Crippen LogP contribution in [0.15, 0.2) is 122 Å². The van der Waals surface area contributed by atoms with Crippen LogP contribution in [0.25, 0.3) is 0 Å². The highest BCUT2D eigenvalue weighted by Crippen LogP contribution is 2.26. The maximum atomic E-state index is 13.1. The van der Waals surface area contributed by atoms with Gasteiger partial charge in [-0.15, -0.1) is 0 Å². The van der Waals surface area contributed by atoms with Crippen molar-refractivity contribution in [2.45, 2.75) is 237 Å². The maximum absolute atomic E-state index is 13.1. The van der Waals surface area contributed by atoms with E-state index in [1.807, 2.05) is 12.2 Å². The fraction of sp³-hybridized carbons (Fsp3) is 0.619. The van der Waals surface area contributed by atoms with Crippen LogP contribution in [0.3, 0.4) is 0 Å². The van der Waals surface area contributed by atoms with E-state index in [1.165, 1.54) is 25.7 Å². The van der Waals surface area contributed by atoms with Gasteiger partial charge >= 0.3 is 23.9 Å². The lowest BCUT2D eigenvalue weighted by Gasteiger charge is -2.40. The van der Waals surface area contributed by atoms with Crippen LogP contribution >= 0.6 is 0 Å². The number of unbranched alkanes of at least 4 members (excludes halogenated alkanes) is 13. The van der Waals surface area contributed by atoms with Gasteiger partial charge in [0, 0.05) is 12.8 Å². The molecule has 3 N–H and O–H groups in total. The van der Waals surface area contributed by atoms with E-state index in [-0.39, 0.29) is 25.9 Å². The fourth-order valence-electron chi connectivity index (χ4n) is 7.72. The lowest BCUT2D eigenvalue weighted by molar-refractivity contribution is -0.301. The minimum Gasteiger partial charge on any atom is -0.479 e. The molecule has 1 saturated heterocycles. The molecule has 0 aromatic rings. The Bertz CT molecular complexity index is 1770. The molecule has 1 heterocycles. The third kappa shape index (κ3) is 40.1. The van der Waals surface area contributed by atoms with Crippen molar-refractivity contribution in [1.82, 2.24) is 0 Å². The first-order valence-electron chi connectivity index (χ1n) is 28.5. The van der Waals surface area contributed by atoms with Crippen molar-refractivity contribution in [3.63, 3.8) is 0 Å². The number of aliphatic hydroxyl groups excluding tert-OH is 2. The predicted octanol–water partition coefficient (Wildman–Crippen LogP) is 14.4. The Morgan fingerprint density at radius 1 is 0.467 bits per heavy atom. The van der Waals surface area contributed by atoms with E-state index in [2.05, 4.69) is 118 Å². The molecule has 0 aromatic heterocycles. The Kier molecular flexibility index (Phi) is 45.4. The number of carboxylic acids is 1. The van der Waals surface area contributed by atoms with Crippen LogP contribution in [-0.2, 0) is 42.9 Å². The molecule has 1 aliphatic rings. The molecule has 1 rings (SSSR count). The van der Waals surface area contributed by atoms with Crippen molar-refractivity contribution in [2.75, 3.05) is 13.2 Å². The van der Waals surface area contributed by atoms with E-state index in [9.17, 15) is 34.5 Å². The number of carbonyl (C=O) groups excluding carboxylic acids is 3. The zero-order chi connectivity index (χ0) is 54.7. The zero-order valence-electron chi connectivity index (χ0n) is 46.2. The number of ether oxygens (including phenoxy) is 5. The summed E-state index contributed by atoms with van der Waals surface area (Å²) < 4.78 is 28.2. The van der Waals surface area contributed by atoms with E-state index in [4.69, 9.17) is 23.7 Å². The Labute approximate surface area is 452 Å². The normalized spacial score (nSPS) is 19.1. The Balaban J connectivity index is 2.78. The number of esters is 3. The molecular formula is C63H98O12. The summed E-state index contributed by atoms with van der Waals surface area (Å²) in [5.41, 5.74) is 0. The first-order valence-corrected chi connectivity index (χ1v) is 28.5. The van der Waals surface area contributed by atoms with Gasteiger partial charge in [-0.05, 0) is 109 Å². The van der Waals surface area contributed by atoms with Crippen LogP contribution in [0, 0.1) is 0 Å². The summed E-state index contributed by atoms with van der Waals surface area (Å²) in [7, 11) is 0. The minimum atomic E-state index is -1.94. The van der Waals surface area contributed by atoms with Crippen LogP contribution < -0.4 is 0 Å². The Morgan fingerprint density at radius 2 is 0.880 bits per heavy atom. The van der Waals surface area contributed by atoms with Crippen LogP contribution in [-0.4, -0.2) is 89.2 Å². The molecule has 12 nitrogen and oxygen atoms in total. The standard InChI is InChI=1S/C63H98O12/c1-4-7-10-13-16-19-22-25-27-28-30-32-34-37-40-43-46-49-55(64)71-52-54(73-56(65)50-47-44-41-38-35-31-24-21-18-15-12-9-6-3)53-72-63-61(59(68)58(67)60(75-63)62(69)70)74-57(66)51-48-45-42-39-36-33-29-26-23-20-17-14-11-8-5-2/h7-8,10-11,16-17,19-21,24-27,29-30,32,36,39,45,48,54,58-61,63,67-68H,4-6,9,12-15,18,22-23,28,31,33-35,37-38,40-44,46-47,49-53H2,1-3H3,(H,69,70)/b10-7-,11-8-,19-16-,20-17-,24-21-,27-25-,29-26-,32-30-,39-36-,48-45-. The molecule has 75 heavy (non-hydrogen) atoms. The molecule has 0 spiro atoms. The summed E-state index contributed by atoms with van der Waals surface area (Å²) in [6.45, 7) is 5.65. The molecule has 0 aromatic carbocycles. The predicted molar refractivity (Wildman–Crippen MR) is 303 cm³/mol. The van der Waals surface area contributed by atoms with Gasteiger partial charge in [0.05, 0.1) is 13.0 Å². The number of hydrogen-bond acceptors (Lipinski definition) is 11. The SMILES string of the molecule is CC/C=C\C/C=C\C/C=C\C/C=C\C/C=C\CC(=O)OC1C(OCC(COC(=O)CCCCCC/C=C\C/C=C\C/C=C\C/C=C\CC)OC(=O)CCCCCCC/C=C\CCCCCC)OC(C(=O)O)C(O)C1O. The average Bonchev–Trinajstić information content (AvgIpc) is 3.39. The minimum absolute atomic E-state index is 0.130. The Hall–Kier alpha value is -4.88. The number of allylic oxidation sites excluding steroid dienone is 19. The molecule has 12 heteroatoms. The summed E-state index contributed by atoms with van der Waals surface area (Å²) in [6, 6.07) is 0. The number of carboxylic acid groups (broad SMARTS) is 1. The molecule has 6 atom stereocenters. The molecule has 0 saturated carbocycles. The number of aliphatic hydroxyl groups is 2. The zero-order valence-corrected chi connectivity index (χ0v) is 46.2. The maximum Gasteiger partial charge on any atom is 0.335 e. The second-order valence-electron chi connectivity index (χ2n) is 18.8. The quantitative estimate of drug-likeness (QED) is 0.0228. The van der Waals surface area contributed by atoms with Gasteiger partial charge in [0.25, 0.3) is 0 Å². The van der Waals surface area contributed by atoms with E-state index >= 15 is 0 Å². The molecule has 0 radical (unpaired) electrons. The number of aliphatic carboxylic acids is 1. The highest BCUT2D eigenvalue weighted by molar-refractivity contribution is 5.74. The Morgan fingerprint density at radius 3 is 1.36 bits per heavy atom. The van der Waals surface area contributed by atoms with Gasteiger partial charge in [0.1, 0.15) is 18.8 Å². The van der Waals surface area contributed by atoms with Crippen LogP contribution in [0.5, 0.6) is 0 Å². The lowest BCUT2D eigenvalue weighted by atomic mass is 9.98. The van der Waals surface area contributed by atoms with E-state index in [1.54, 1.807) is 12.2 Å². The first-order chi connectivity index (χ1) is 36.6. The van der Waals surface area contributed by atoms with E-state index in [0.29, 0.717) is 19.3 Å². The van der Waals surface area contributed by atoms with Gasteiger partial charge in [0.15, 0.2) is 24.6 Å². The lowest BCUT2D eigenvalue weighted by Crippen LogP contribution is -2.61. The van der Waals surface area contributed by atoms with Gasteiger partial charge in [-0.1, -0.05) is 194 Å². The molecular weight excluding hydrogens is 949 g/mol. The van der Waals surface area contributed by atoms with Crippen molar-refractivity contribution >= 4 is 23.9 Å². The largest absolute Gasteiger partial charge is 0.479 e. The van der Waals surface area contributed by atoms with Crippen molar-refractivity contribution in [1.29, 1.82) is 0 Å². The molecule has 1 aliphatic heterocycles. The second-order valence-corrected chi connectivity index (χ2v) is 18.8. The van der Waals surface area contributed by atoms with Crippen molar-refractivity contribution in [3.05, 3.63) is 122 Å². The smallest absolute Gasteiger partial charge is 0.335 e. The van der Waals surface area contributed by atoms with Crippen molar-refractivity contribution in [3.8, 4) is 0 Å². The van der Waals surface area contributed by atoms with Gasteiger partial charge in [0.2, 0.25) is 0 Å². The second kappa shape index (κ2) is 50.0. The van der Waals surface area contributed by atoms with Crippen molar-refractivity contribution in [2.24, 2.45) is 0 Å².